The number of carboxylic acid groups (broad SMARTS) is 1. The van der Waals surface area contributed by atoms with E-state index in [1.807, 2.05) is 19.9 Å². The summed E-state index contributed by atoms with van der Waals surface area (Å²) in [6.07, 6.45) is 0. The Morgan fingerprint density at radius 2 is 2.06 bits per heavy atom. The Morgan fingerprint density at radius 3 is 2.71 bits per heavy atom. The Bertz CT molecular complexity index is 470. The van der Waals surface area contributed by atoms with Crippen LogP contribution >= 0.6 is 0 Å². The van der Waals surface area contributed by atoms with Crippen LogP contribution in [0.1, 0.15) is 22.7 Å². The molecular formula is C12H15NO4. The van der Waals surface area contributed by atoms with Gasteiger partial charge in [0.05, 0.1) is 0 Å². The van der Waals surface area contributed by atoms with Crippen LogP contribution in [0.5, 0.6) is 11.5 Å². The van der Waals surface area contributed by atoms with Crippen LogP contribution in [0.25, 0.3) is 0 Å². The van der Waals surface area contributed by atoms with Crippen LogP contribution in [0, 0.1) is 13.8 Å². The lowest BCUT2D eigenvalue weighted by atomic mass is 9.95. The first-order valence-electron chi connectivity index (χ1n) is 5.40. The minimum Gasteiger partial charge on any atom is -0.486 e. The van der Waals surface area contributed by atoms with Gasteiger partial charge in [-0.2, -0.15) is 0 Å². The molecule has 3 N–H and O–H groups in total. The summed E-state index contributed by atoms with van der Waals surface area (Å²) in [6.45, 7) is 4.61. The summed E-state index contributed by atoms with van der Waals surface area (Å²) in [6, 6.07) is 0.757. The van der Waals surface area contributed by atoms with Crippen molar-refractivity contribution in [3.05, 3.63) is 22.8 Å². The van der Waals surface area contributed by atoms with Gasteiger partial charge in [0, 0.05) is 5.56 Å². The highest BCUT2D eigenvalue weighted by atomic mass is 16.6. The zero-order valence-corrected chi connectivity index (χ0v) is 9.82. The van der Waals surface area contributed by atoms with Crippen LogP contribution in [0.3, 0.4) is 0 Å². The van der Waals surface area contributed by atoms with Gasteiger partial charge in [0.1, 0.15) is 19.3 Å². The summed E-state index contributed by atoms with van der Waals surface area (Å²) < 4.78 is 10.9. The third kappa shape index (κ3) is 1.93. The molecule has 0 bridgehead atoms. The summed E-state index contributed by atoms with van der Waals surface area (Å²) in [5.74, 6) is -0.0321. The smallest absolute Gasteiger partial charge is 0.325 e. The molecule has 0 aromatic heterocycles. The van der Waals surface area contributed by atoms with Crippen molar-refractivity contribution in [2.75, 3.05) is 13.2 Å². The Kier molecular flexibility index (Phi) is 2.93. The second kappa shape index (κ2) is 4.25. The van der Waals surface area contributed by atoms with E-state index in [0.29, 0.717) is 30.3 Å². The number of rotatable bonds is 2. The van der Waals surface area contributed by atoms with E-state index >= 15 is 0 Å². The average Bonchev–Trinajstić information content (AvgIpc) is 2.30. The molecule has 0 saturated heterocycles. The van der Waals surface area contributed by atoms with Crippen LogP contribution in [-0.2, 0) is 4.79 Å². The molecule has 2 rings (SSSR count). The number of fused-ring (bicyclic) bond motifs is 1. The molecule has 1 aliphatic heterocycles. The van der Waals surface area contributed by atoms with Crippen molar-refractivity contribution in [1.82, 2.24) is 0 Å². The number of carbonyl (C=O) groups is 1. The van der Waals surface area contributed by atoms with E-state index in [0.717, 1.165) is 11.1 Å². The Labute approximate surface area is 99.1 Å². The molecule has 17 heavy (non-hydrogen) atoms. The van der Waals surface area contributed by atoms with Gasteiger partial charge in [-0.15, -0.1) is 0 Å². The third-order valence-electron chi connectivity index (χ3n) is 2.98. The van der Waals surface area contributed by atoms with Crippen molar-refractivity contribution in [2.24, 2.45) is 5.73 Å². The standard InChI is InChI=1S/C12H15NO4/c1-6-5-8-11(17-4-3-16-8)9(7(6)2)10(13)12(14)15/h5,10H,3-4,13H2,1-2H3,(H,14,15). The molecule has 1 aromatic rings. The summed E-state index contributed by atoms with van der Waals surface area (Å²) >= 11 is 0. The quantitative estimate of drug-likeness (QED) is 0.806. The molecule has 5 nitrogen and oxygen atoms in total. The van der Waals surface area contributed by atoms with Gasteiger partial charge in [-0.1, -0.05) is 0 Å². The van der Waals surface area contributed by atoms with Gasteiger partial charge in [-0.05, 0) is 31.0 Å². The number of aliphatic carboxylic acids is 1. The molecule has 1 aromatic carbocycles. The average molecular weight is 237 g/mol. The van der Waals surface area contributed by atoms with E-state index in [4.69, 9.17) is 20.3 Å². The number of ether oxygens (including phenoxy) is 2. The molecule has 1 atom stereocenters. The Morgan fingerprint density at radius 1 is 1.41 bits per heavy atom. The molecule has 1 heterocycles. The van der Waals surface area contributed by atoms with Gasteiger partial charge in [0.25, 0.3) is 0 Å². The van der Waals surface area contributed by atoms with E-state index in [9.17, 15) is 4.79 Å². The molecule has 0 amide bonds. The molecule has 0 fully saturated rings. The van der Waals surface area contributed by atoms with Gasteiger partial charge in [0.2, 0.25) is 0 Å². The largest absolute Gasteiger partial charge is 0.486 e. The lowest BCUT2D eigenvalue weighted by Crippen LogP contribution is -2.25. The first-order chi connectivity index (χ1) is 8.02. The highest BCUT2D eigenvalue weighted by molar-refractivity contribution is 5.78. The fourth-order valence-electron chi connectivity index (χ4n) is 1.94. The molecule has 0 aliphatic carbocycles. The topological polar surface area (TPSA) is 81.8 Å². The fraction of sp³-hybridized carbons (Fsp3) is 0.417. The zero-order chi connectivity index (χ0) is 12.6. The second-order valence-corrected chi connectivity index (χ2v) is 4.07. The normalized spacial score (nSPS) is 15.5. The van der Waals surface area contributed by atoms with E-state index in [1.54, 1.807) is 0 Å². The first kappa shape index (κ1) is 11.7. The number of nitrogens with two attached hydrogens (primary N) is 1. The van der Waals surface area contributed by atoms with Crippen LogP contribution in [0.4, 0.5) is 0 Å². The van der Waals surface area contributed by atoms with Crippen LogP contribution in [0.2, 0.25) is 0 Å². The van der Waals surface area contributed by atoms with E-state index in [1.165, 1.54) is 0 Å². The highest BCUT2D eigenvalue weighted by Gasteiger charge is 2.27. The predicted molar refractivity (Wildman–Crippen MR) is 61.5 cm³/mol. The molecular weight excluding hydrogens is 222 g/mol. The lowest BCUT2D eigenvalue weighted by Gasteiger charge is -2.25. The van der Waals surface area contributed by atoms with Gasteiger partial charge in [-0.25, -0.2) is 0 Å². The monoisotopic (exact) mass is 237 g/mol. The number of benzene rings is 1. The van der Waals surface area contributed by atoms with Crippen molar-refractivity contribution in [3.63, 3.8) is 0 Å². The zero-order valence-electron chi connectivity index (χ0n) is 9.82. The fourth-order valence-corrected chi connectivity index (χ4v) is 1.94. The minimum atomic E-state index is -1.09. The predicted octanol–water partition coefficient (Wildman–Crippen LogP) is 1.16. The number of hydrogen-bond acceptors (Lipinski definition) is 4. The highest BCUT2D eigenvalue weighted by Crippen LogP contribution is 2.40. The molecule has 1 aliphatic rings. The minimum absolute atomic E-state index is 0.412. The van der Waals surface area contributed by atoms with E-state index in [-0.39, 0.29) is 0 Å². The summed E-state index contributed by atoms with van der Waals surface area (Å²) in [7, 11) is 0. The number of carboxylic acids is 1. The molecule has 0 radical (unpaired) electrons. The van der Waals surface area contributed by atoms with Crippen LogP contribution < -0.4 is 15.2 Å². The van der Waals surface area contributed by atoms with E-state index in [2.05, 4.69) is 0 Å². The SMILES string of the molecule is Cc1cc2c(c(C(N)C(=O)O)c1C)OCCO2. The van der Waals surface area contributed by atoms with E-state index < -0.39 is 12.0 Å². The van der Waals surface area contributed by atoms with Crippen molar-refractivity contribution in [3.8, 4) is 11.5 Å². The maximum atomic E-state index is 11.0. The van der Waals surface area contributed by atoms with Crippen molar-refractivity contribution in [2.45, 2.75) is 19.9 Å². The second-order valence-electron chi connectivity index (χ2n) is 4.07. The number of aryl methyl sites for hydroxylation is 1. The third-order valence-corrected chi connectivity index (χ3v) is 2.98. The lowest BCUT2D eigenvalue weighted by molar-refractivity contribution is -0.138. The summed E-state index contributed by atoms with van der Waals surface area (Å²) in [5.41, 5.74) is 7.99. The van der Waals surface area contributed by atoms with Crippen molar-refractivity contribution in [1.29, 1.82) is 0 Å². The maximum Gasteiger partial charge on any atom is 0.325 e. The molecule has 92 valence electrons. The van der Waals surface area contributed by atoms with Gasteiger partial charge in [0.15, 0.2) is 11.5 Å². The summed E-state index contributed by atoms with van der Waals surface area (Å²) in [4.78, 5) is 11.0. The van der Waals surface area contributed by atoms with Crippen LogP contribution in [0.15, 0.2) is 6.07 Å². The molecule has 5 heteroatoms. The summed E-state index contributed by atoms with van der Waals surface area (Å²) in [5, 5.41) is 9.03. The van der Waals surface area contributed by atoms with Gasteiger partial charge >= 0.3 is 5.97 Å². The van der Waals surface area contributed by atoms with Gasteiger partial charge < -0.3 is 20.3 Å². The van der Waals surface area contributed by atoms with Crippen LogP contribution in [-0.4, -0.2) is 24.3 Å². The molecule has 1 unspecified atom stereocenters. The number of hydrogen-bond donors (Lipinski definition) is 2. The molecule has 0 spiro atoms. The van der Waals surface area contributed by atoms with Crippen molar-refractivity contribution < 1.29 is 19.4 Å². The van der Waals surface area contributed by atoms with Gasteiger partial charge in [-0.3, -0.25) is 4.79 Å². The molecule has 0 saturated carbocycles. The maximum absolute atomic E-state index is 11.0. The Balaban J connectivity index is 2.62. The first-order valence-corrected chi connectivity index (χ1v) is 5.40. The Hall–Kier alpha value is -1.75. The van der Waals surface area contributed by atoms with Crippen molar-refractivity contribution >= 4 is 5.97 Å².